The van der Waals surface area contributed by atoms with Gasteiger partial charge in [-0.05, 0) is 24.8 Å². The van der Waals surface area contributed by atoms with Crippen molar-refractivity contribution in [3.05, 3.63) is 24.0 Å². The van der Waals surface area contributed by atoms with Crippen LogP contribution in [0.3, 0.4) is 0 Å². The van der Waals surface area contributed by atoms with Crippen LogP contribution in [0.25, 0.3) is 0 Å². The molecule has 162 valence electrons. The first-order valence-electron chi connectivity index (χ1n) is 10.2. The summed E-state index contributed by atoms with van der Waals surface area (Å²) in [5, 5.41) is 29.2. The molecule has 29 heavy (non-hydrogen) atoms. The van der Waals surface area contributed by atoms with Gasteiger partial charge in [-0.3, -0.25) is 4.79 Å². The summed E-state index contributed by atoms with van der Waals surface area (Å²) in [6, 6.07) is 0. The van der Waals surface area contributed by atoms with Crippen molar-refractivity contribution in [2.75, 3.05) is 0 Å². The molecule has 2 rings (SSSR count). The number of alkyl halides is 2. The van der Waals surface area contributed by atoms with E-state index in [1.54, 1.807) is 0 Å². The van der Waals surface area contributed by atoms with Crippen LogP contribution in [0.15, 0.2) is 24.0 Å². The highest BCUT2D eigenvalue weighted by molar-refractivity contribution is 5.66. The number of rotatable bonds is 8. The van der Waals surface area contributed by atoms with Crippen molar-refractivity contribution in [2.24, 2.45) is 17.8 Å². The van der Waals surface area contributed by atoms with Crippen LogP contribution < -0.4 is 0 Å². The highest BCUT2D eigenvalue weighted by atomic mass is 19.3. The fraction of sp³-hybridized carbons (Fsp3) is 0.682. The molecule has 5 nitrogen and oxygen atoms in total. The van der Waals surface area contributed by atoms with E-state index in [2.05, 4.69) is 11.8 Å². The van der Waals surface area contributed by atoms with Gasteiger partial charge in [-0.1, -0.05) is 26.0 Å². The maximum Gasteiger partial charge on any atom is 0.310 e. The van der Waals surface area contributed by atoms with Crippen LogP contribution in [0.4, 0.5) is 8.78 Å². The molecule has 2 fully saturated rings. The summed E-state index contributed by atoms with van der Waals surface area (Å²) in [4.78, 5) is 10.5. The number of aliphatic hydroxyl groups is 2. The zero-order valence-electron chi connectivity index (χ0n) is 16.9. The normalized spacial score (nSPS) is 31.2. The topological polar surface area (TPSA) is 87.0 Å². The van der Waals surface area contributed by atoms with Crippen LogP contribution >= 0.6 is 0 Å². The molecular formula is C22H30F2O5. The van der Waals surface area contributed by atoms with Gasteiger partial charge in [-0.25, -0.2) is 0 Å². The van der Waals surface area contributed by atoms with Gasteiger partial charge in [0.1, 0.15) is 6.10 Å². The lowest BCUT2D eigenvalue weighted by molar-refractivity contribution is -0.137. The Labute approximate surface area is 170 Å². The molecule has 1 heterocycles. The van der Waals surface area contributed by atoms with Crippen LogP contribution in [0.1, 0.15) is 52.4 Å². The molecule has 0 amide bonds. The quantitative estimate of drug-likeness (QED) is 0.323. The fourth-order valence-corrected chi connectivity index (χ4v) is 3.86. The monoisotopic (exact) mass is 412 g/mol. The smallest absolute Gasteiger partial charge is 0.310 e. The Bertz CT molecular complexity index is 691. The molecule has 0 aromatic carbocycles. The highest BCUT2D eigenvalue weighted by Gasteiger charge is 2.63. The number of hydrogen-bond donors (Lipinski definition) is 3. The van der Waals surface area contributed by atoms with E-state index < -0.39 is 47.8 Å². The zero-order chi connectivity index (χ0) is 21.6. The third kappa shape index (κ3) is 5.80. The number of aliphatic hydroxyl groups excluding tert-OH is 2. The summed E-state index contributed by atoms with van der Waals surface area (Å²) in [5.41, 5.74) is 0. The lowest BCUT2D eigenvalue weighted by atomic mass is 9.87. The lowest BCUT2D eigenvalue weighted by Crippen LogP contribution is -2.33. The Hall–Kier alpha value is -1.91. The number of carboxylic acid groups (broad SMARTS) is 1. The number of allylic oxidation sites excluding steroid dienone is 2. The Morgan fingerprint density at radius 1 is 1.41 bits per heavy atom. The first-order chi connectivity index (χ1) is 13.7. The number of aliphatic carboxylic acids is 1. The standard InChI is InChI=1S/C22H30F2O5/c1-3-4-5-8-14(2)16(25)12-11-15-17(26)13-18-21(15)22(23,24)19(29-18)9-6-7-10-20(27)28/h9,11-12,14-18,21,25-26H,3,6-8,10,13H2,1-2H3,(H,27,28)/t14-,15+,16-,17-,18+,21-/m1/s1. The van der Waals surface area contributed by atoms with Gasteiger partial charge in [-0.15, -0.1) is 11.8 Å². The molecule has 0 radical (unpaired) electrons. The molecule has 0 bridgehead atoms. The van der Waals surface area contributed by atoms with E-state index in [1.165, 1.54) is 18.2 Å². The number of unbranched alkanes of at least 4 members (excludes halogenated alkanes) is 1. The van der Waals surface area contributed by atoms with Gasteiger partial charge < -0.3 is 20.1 Å². The maximum absolute atomic E-state index is 14.9. The average molecular weight is 412 g/mol. The second-order valence-corrected chi connectivity index (χ2v) is 7.80. The van der Waals surface area contributed by atoms with Crippen molar-refractivity contribution in [1.82, 2.24) is 0 Å². The van der Waals surface area contributed by atoms with E-state index in [1.807, 2.05) is 13.8 Å². The number of fused-ring (bicyclic) bond motifs is 1. The number of carboxylic acids is 1. The predicted molar refractivity (Wildman–Crippen MR) is 104 cm³/mol. The van der Waals surface area contributed by atoms with Crippen LogP contribution in [0.5, 0.6) is 0 Å². The third-order valence-electron chi connectivity index (χ3n) is 5.52. The Morgan fingerprint density at radius 2 is 2.14 bits per heavy atom. The first kappa shape index (κ1) is 23.4. The Morgan fingerprint density at radius 3 is 2.79 bits per heavy atom. The summed E-state index contributed by atoms with van der Waals surface area (Å²) >= 11 is 0. The SMILES string of the molecule is CCC#CC[C@@H](C)[C@H](O)C=C[C@@H]1[C@@H]2[C@H](C[C@H]1O)OC(=CCCCC(=O)O)C2(F)F. The molecule has 0 spiro atoms. The molecule has 0 aromatic heterocycles. The second-order valence-electron chi connectivity index (χ2n) is 7.80. The van der Waals surface area contributed by atoms with Gasteiger partial charge in [0, 0.05) is 31.6 Å². The summed E-state index contributed by atoms with van der Waals surface area (Å²) < 4.78 is 35.3. The van der Waals surface area contributed by atoms with Crippen molar-refractivity contribution in [3.63, 3.8) is 0 Å². The van der Waals surface area contributed by atoms with Gasteiger partial charge in [0.15, 0.2) is 5.76 Å². The minimum absolute atomic E-state index is 0.0923. The Balaban J connectivity index is 2.05. The maximum atomic E-state index is 14.9. The first-order valence-corrected chi connectivity index (χ1v) is 10.2. The van der Waals surface area contributed by atoms with Crippen molar-refractivity contribution in [2.45, 2.75) is 76.6 Å². The van der Waals surface area contributed by atoms with Crippen LogP contribution in [0, 0.1) is 29.6 Å². The lowest BCUT2D eigenvalue weighted by Gasteiger charge is -2.23. The van der Waals surface area contributed by atoms with E-state index >= 15 is 0 Å². The van der Waals surface area contributed by atoms with Gasteiger partial charge in [-0.2, -0.15) is 8.78 Å². The molecule has 0 aromatic rings. The molecule has 1 saturated carbocycles. The van der Waals surface area contributed by atoms with Crippen molar-refractivity contribution >= 4 is 5.97 Å². The number of halogens is 2. The summed E-state index contributed by atoms with van der Waals surface area (Å²) in [6.45, 7) is 3.77. The molecule has 6 atom stereocenters. The minimum atomic E-state index is -3.25. The van der Waals surface area contributed by atoms with Crippen LogP contribution in [0.2, 0.25) is 0 Å². The second kappa shape index (κ2) is 10.2. The van der Waals surface area contributed by atoms with E-state index in [0.717, 1.165) is 6.42 Å². The largest absolute Gasteiger partial charge is 0.488 e. The minimum Gasteiger partial charge on any atom is -0.488 e. The molecule has 1 aliphatic carbocycles. The van der Waals surface area contributed by atoms with Crippen molar-refractivity contribution in [3.8, 4) is 11.8 Å². The van der Waals surface area contributed by atoms with Crippen LogP contribution in [-0.4, -0.2) is 45.5 Å². The van der Waals surface area contributed by atoms with E-state index in [-0.39, 0.29) is 31.6 Å². The van der Waals surface area contributed by atoms with Crippen LogP contribution in [-0.2, 0) is 9.53 Å². The average Bonchev–Trinajstić information content (AvgIpc) is 3.09. The highest BCUT2D eigenvalue weighted by Crippen LogP contribution is 2.54. The summed E-state index contributed by atoms with van der Waals surface area (Å²) in [6.07, 6.45) is 3.28. The summed E-state index contributed by atoms with van der Waals surface area (Å²) in [7, 11) is 0. The number of hydrogen-bond acceptors (Lipinski definition) is 4. The molecule has 2 aliphatic rings. The van der Waals surface area contributed by atoms with Gasteiger partial charge >= 0.3 is 11.9 Å². The van der Waals surface area contributed by atoms with Gasteiger partial charge in [0.2, 0.25) is 0 Å². The van der Waals surface area contributed by atoms with Gasteiger partial charge in [0.05, 0.1) is 18.1 Å². The van der Waals surface area contributed by atoms with Gasteiger partial charge in [0.25, 0.3) is 0 Å². The van der Waals surface area contributed by atoms with E-state index in [0.29, 0.717) is 6.42 Å². The Kier molecular flexibility index (Phi) is 8.23. The number of carbonyl (C=O) groups is 1. The number of ether oxygens (including phenoxy) is 1. The van der Waals surface area contributed by atoms with E-state index in [9.17, 15) is 23.8 Å². The molecular weight excluding hydrogens is 382 g/mol. The molecule has 0 unspecified atom stereocenters. The molecule has 7 heteroatoms. The third-order valence-corrected chi connectivity index (χ3v) is 5.52. The molecule has 1 saturated heterocycles. The zero-order valence-corrected chi connectivity index (χ0v) is 16.9. The summed E-state index contributed by atoms with van der Waals surface area (Å²) in [5.74, 6) is -0.947. The van der Waals surface area contributed by atoms with Crippen molar-refractivity contribution in [1.29, 1.82) is 0 Å². The van der Waals surface area contributed by atoms with Crippen molar-refractivity contribution < 1.29 is 33.6 Å². The van der Waals surface area contributed by atoms with E-state index in [4.69, 9.17) is 9.84 Å². The predicted octanol–water partition coefficient (Wildman–Crippen LogP) is 3.51. The molecule has 1 aliphatic heterocycles. The molecule has 3 N–H and O–H groups in total. The fourth-order valence-electron chi connectivity index (χ4n) is 3.86.